The number of phenols is 1. The van der Waals surface area contributed by atoms with E-state index in [1.165, 1.54) is 66.5 Å². The second kappa shape index (κ2) is 18.1. The van der Waals surface area contributed by atoms with Gasteiger partial charge >= 0.3 is 41.2 Å². The maximum atomic E-state index is 13.2. The van der Waals surface area contributed by atoms with Crippen LogP contribution in [0.4, 0.5) is 10.7 Å². The zero-order chi connectivity index (χ0) is 48.0. The summed E-state index contributed by atoms with van der Waals surface area (Å²) in [6, 6.07) is 11.9. The van der Waals surface area contributed by atoms with E-state index in [4.69, 9.17) is 29.4 Å². The Morgan fingerprint density at radius 2 is 1.67 bits per heavy atom. The van der Waals surface area contributed by atoms with Crippen molar-refractivity contribution < 1.29 is 94.6 Å². The number of phosphoric acid groups is 3. The number of hydrogen-bond donors (Lipinski definition) is 11. The van der Waals surface area contributed by atoms with Crippen molar-refractivity contribution in [2.24, 2.45) is 7.05 Å². The molecule has 1 fully saturated rings. The number of aryl methyl sites for hydroxylation is 1. The van der Waals surface area contributed by atoms with Gasteiger partial charge in [-0.05, 0) is 42.0 Å². The molecule has 2 amide bonds. The molecule has 0 saturated carbocycles. The molecule has 7 rings (SSSR count). The molecule has 0 spiro atoms. The summed E-state index contributed by atoms with van der Waals surface area (Å²) in [7, 11) is -15.9. The van der Waals surface area contributed by atoms with Gasteiger partial charge in [0, 0.05) is 47.3 Å². The van der Waals surface area contributed by atoms with E-state index in [1.807, 2.05) is 0 Å². The van der Waals surface area contributed by atoms with E-state index in [2.05, 4.69) is 33.7 Å². The number of aliphatic hydroxyl groups is 1. The van der Waals surface area contributed by atoms with Crippen LogP contribution in [0.25, 0.3) is 44.6 Å². The normalized spacial score (nSPS) is 19.4. The van der Waals surface area contributed by atoms with Crippen molar-refractivity contribution in [1.29, 1.82) is 0 Å². The first-order chi connectivity index (χ1) is 30.9. The van der Waals surface area contributed by atoms with Crippen LogP contribution in [-0.4, -0.2) is 105 Å². The number of amides is 2. The second-order valence-corrected chi connectivity index (χ2v) is 18.6. The zero-order valence-electron chi connectivity index (χ0n) is 33.3. The molecule has 3 aliphatic rings. The van der Waals surface area contributed by atoms with Crippen molar-refractivity contribution in [3.05, 3.63) is 92.6 Å². The lowest BCUT2D eigenvalue weighted by atomic mass is 9.90. The summed E-state index contributed by atoms with van der Waals surface area (Å²) < 4.78 is 66.6. The number of nitrogens with one attached hydrogen (secondary N) is 3. The lowest BCUT2D eigenvalue weighted by molar-refractivity contribution is -0.745. The molecule has 0 bridgehead atoms. The number of hydrogen-bond acceptors (Lipinski definition) is 18. The summed E-state index contributed by atoms with van der Waals surface area (Å²) in [5, 5.41) is 36.8. The molecule has 4 heterocycles. The summed E-state index contributed by atoms with van der Waals surface area (Å²) >= 11 is 0. The number of H-pyrrole nitrogens is 1. The minimum atomic E-state index is -5.92. The molecule has 1 saturated heterocycles. The van der Waals surface area contributed by atoms with E-state index in [0.717, 1.165) is 10.6 Å². The molecule has 4 aromatic rings. The standard InChI is InChI=1S/C35H34N7O21P3/c1-41-14-42(29-26(41)31(47)40-34(36)39-29)32-28(27(45)24(60-32)13-58-65(54,55)63-66(56,57)62-64(51,52)53)61-35(50)38-9-8-37-30(46)15-2-5-18(21(10-15)33(48)49)25-19-6-3-16(43)11-22(19)59-23-12-17(44)4-7-20(23)25/h2-7,10-12,14,24,27-28,32,45H,8-9,13H2,1H3,(H10-,36,37,38,39,40,43,44,46,47,48,49,50,51,52,53,54,55,56,57)/p+1/t24-,27-,28-,32-/m1/s1. The van der Waals surface area contributed by atoms with Crippen LogP contribution in [0.3, 0.4) is 0 Å². The monoisotopic (exact) mass is 982 g/mol. The quantitative estimate of drug-likeness (QED) is 0.0289. The summed E-state index contributed by atoms with van der Waals surface area (Å²) in [5.74, 6) is -2.58. The van der Waals surface area contributed by atoms with E-state index in [-0.39, 0.29) is 69.4 Å². The van der Waals surface area contributed by atoms with Crippen molar-refractivity contribution in [1.82, 2.24) is 25.2 Å². The van der Waals surface area contributed by atoms with Gasteiger partial charge in [0.15, 0.2) is 17.9 Å². The summed E-state index contributed by atoms with van der Waals surface area (Å²) in [6.07, 6.45) is -7.14. The van der Waals surface area contributed by atoms with Crippen LogP contribution in [0.1, 0.15) is 26.9 Å². The van der Waals surface area contributed by atoms with E-state index >= 15 is 0 Å². The molecule has 6 atom stereocenters. The Kier molecular flexibility index (Phi) is 13.1. The zero-order valence-corrected chi connectivity index (χ0v) is 36.0. The topological polar surface area (TPSA) is 425 Å². The number of nitrogens with zero attached hydrogens (tertiary/aromatic N) is 3. The predicted octanol–water partition coefficient (Wildman–Crippen LogP) is 0.540. The van der Waals surface area contributed by atoms with Gasteiger partial charge in [-0.3, -0.25) is 28.5 Å². The molecule has 1 aliphatic carbocycles. The lowest BCUT2D eigenvalue weighted by Gasteiger charge is -2.20. The van der Waals surface area contributed by atoms with Crippen molar-refractivity contribution in [2.75, 3.05) is 25.4 Å². The highest BCUT2D eigenvalue weighted by molar-refractivity contribution is 7.66. The van der Waals surface area contributed by atoms with Crippen LogP contribution in [0.5, 0.6) is 5.75 Å². The van der Waals surface area contributed by atoms with Gasteiger partial charge in [0.05, 0.1) is 19.2 Å². The number of aliphatic hydroxyl groups excluding tert-OH is 1. The fourth-order valence-corrected chi connectivity index (χ4v) is 10.0. The molecule has 350 valence electrons. The summed E-state index contributed by atoms with van der Waals surface area (Å²) in [5.41, 5.74) is 4.98. The Morgan fingerprint density at radius 3 is 2.38 bits per heavy atom. The first kappa shape index (κ1) is 47.6. The van der Waals surface area contributed by atoms with Crippen LogP contribution in [0.2, 0.25) is 0 Å². The number of benzene rings is 3. The third-order valence-corrected chi connectivity index (χ3v) is 13.4. The minimum Gasteiger partial charge on any atom is -0.508 e. The number of fused-ring (bicyclic) bond motifs is 3. The first-order valence-corrected chi connectivity index (χ1v) is 23.1. The number of aromatic amines is 1. The Morgan fingerprint density at radius 1 is 0.955 bits per heavy atom. The Bertz CT molecular complexity index is 3170. The number of nitrogens with two attached hydrogens (primary N) is 1. The third-order valence-electron chi connectivity index (χ3n) is 9.58. The average molecular weight is 983 g/mol. The van der Waals surface area contributed by atoms with Gasteiger partial charge in [-0.2, -0.15) is 8.62 Å². The van der Waals surface area contributed by atoms with Gasteiger partial charge in [-0.25, -0.2) is 27.9 Å². The molecule has 2 unspecified atom stereocenters. The smallest absolute Gasteiger partial charge is 0.490 e. The van der Waals surface area contributed by atoms with Crippen LogP contribution in [-0.2, 0) is 43.4 Å². The van der Waals surface area contributed by atoms with Gasteiger partial charge in [0.25, 0.3) is 17.4 Å². The maximum Gasteiger partial charge on any atom is 0.490 e. The van der Waals surface area contributed by atoms with Gasteiger partial charge in [0.2, 0.25) is 11.7 Å². The fourth-order valence-electron chi connectivity index (χ4n) is 6.97. The number of aromatic nitrogens is 4. The van der Waals surface area contributed by atoms with Crippen molar-refractivity contribution in [3.8, 4) is 28.2 Å². The average Bonchev–Trinajstić information content (AvgIpc) is 3.70. The molecule has 2 aromatic heterocycles. The van der Waals surface area contributed by atoms with E-state index in [9.17, 15) is 62.8 Å². The number of aromatic hydroxyl groups is 1. The van der Waals surface area contributed by atoms with Crippen LogP contribution < -0.4 is 31.9 Å². The van der Waals surface area contributed by atoms with Crippen LogP contribution in [0.15, 0.2) is 74.9 Å². The molecular weight excluding hydrogens is 947 g/mol. The van der Waals surface area contributed by atoms with E-state index in [1.54, 1.807) is 0 Å². The van der Waals surface area contributed by atoms with E-state index < -0.39 is 78.1 Å². The number of phosphoric ester groups is 1. The van der Waals surface area contributed by atoms with Crippen molar-refractivity contribution >= 4 is 69.5 Å². The molecule has 28 nitrogen and oxygen atoms in total. The largest absolute Gasteiger partial charge is 0.508 e. The number of carbonyl (C=O) groups is 3. The minimum absolute atomic E-state index is 0.0823. The van der Waals surface area contributed by atoms with Gasteiger partial charge in [0.1, 0.15) is 29.3 Å². The number of ether oxygens (including phenoxy) is 2. The SMILES string of the molecule is Cn1c[n+]([C@@H]2O[C@H](COP(=O)(O)OP(=O)(O)OP(=O)(O)O)[C@@H](O)[C@H]2OC(=O)NCCNC(=O)c2ccc(-c3c4ccc(=O)cc-4oc4cc(O)ccc34)c(C(=O)O)c2)c2nc(N)[nH]c(=O)c21. The fraction of sp³-hybridized carbons (Fsp3) is 0.229. The highest BCUT2D eigenvalue weighted by atomic mass is 31.3. The first-order valence-electron chi connectivity index (χ1n) is 18.6. The number of aromatic carboxylic acids is 1. The summed E-state index contributed by atoms with van der Waals surface area (Å²) in [4.78, 5) is 107. The Hall–Kier alpha value is -6.38. The van der Waals surface area contributed by atoms with Crippen LogP contribution in [0, 0.1) is 0 Å². The number of rotatable bonds is 15. The van der Waals surface area contributed by atoms with Gasteiger partial charge in [-0.15, -0.1) is 0 Å². The molecule has 2 aromatic carbocycles. The highest BCUT2D eigenvalue weighted by Gasteiger charge is 2.52. The third kappa shape index (κ3) is 10.3. The molecule has 31 heteroatoms. The van der Waals surface area contributed by atoms with E-state index in [0.29, 0.717) is 16.5 Å². The number of carboxylic acids is 1. The Balaban J connectivity index is 1.05. The van der Waals surface area contributed by atoms with Gasteiger partial charge in [-0.1, -0.05) is 11.1 Å². The number of alkyl carbamates (subject to hydrolysis) is 1. The number of imidazole rings is 1. The molecular formula is C35H35N7O21P3+. The van der Waals surface area contributed by atoms with Crippen molar-refractivity contribution in [2.45, 2.75) is 24.5 Å². The maximum absolute atomic E-state index is 13.2. The van der Waals surface area contributed by atoms with Crippen molar-refractivity contribution in [3.63, 3.8) is 0 Å². The number of carboxylic acid groups (broad SMARTS) is 1. The molecule has 12 N–H and O–H groups in total. The predicted molar refractivity (Wildman–Crippen MR) is 219 cm³/mol. The lowest BCUT2D eigenvalue weighted by Crippen LogP contribution is -2.49. The molecule has 2 aliphatic heterocycles. The Labute approximate surface area is 366 Å². The molecule has 66 heavy (non-hydrogen) atoms. The van der Waals surface area contributed by atoms with Crippen LogP contribution >= 0.6 is 23.5 Å². The summed E-state index contributed by atoms with van der Waals surface area (Å²) in [6.45, 7) is -1.80. The highest BCUT2D eigenvalue weighted by Crippen LogP contribution is 2.66. The number of nitrogen functional groups attached to an aromatic ring is 1. The van der Waals surface area contributed by atoms with Gasteiger partial charge < -0.3 is 65.2 Å². The number of carbonyl (C=O) groups excluding carboxylic acids is 2. The molecule has 0 radical (unpaired) electrons. The second-order valence-electron chi connectivity index (χ2n) is 14.1. The number of phenolic OH excluding ortho intramolecular Hbond substituents is 1. The number of anilines is 1.